The van der Waals surface area contributed by atoms with E-state index in [1.165, 1.54) is 5.56 Å². The summed E-state index contributed by atoms with van der Waals surface area (Å²) in [7, 11) is 0. The van der Waals surface area contributed by atoms with Crippen LogP contribution in [0.4, 0.5) is 0 Å². The predicted molar refractivity (Wildman–Crippen MR) is 116 cm³/mol. The van der Waals surface area contributed by atoms with Crippen LogP contribution in [0.15, 0.2) is 30.3 Å². The summed E-state index contributed by atoms with van der Waals surface area (Å²) in [4.78, 5) is 0. The highest BCUT2D eigenvalue weighted by atomic mass is 35.5. The van der Waals surface area contributed by atoms with Crippen molar-refractivity contribution in [2.24, 2.45) is 0 Å². The van der Waals surface area contributed by atoms with E-state index in [1.807, 2.05) is 25.1 Å². The predicted octanol–water partition coefficient (Wildman–Crippen LogP) is 6.63. The number of rotatable bonds is 3. The molecular weight excluding hydrogens is 365 g/mol. The fourth-order valence-corrected chi connectivity index (χ4v) is 3.00. The van der Waals surface area contributed by atoms with Gasteiger partial charge in [0.1, 0.15) is 5.75 Å². The van der Waals surface area contributed by atoms with Crippen LogP contribution in [-0.2, 0) is 12.0 Å². The molecule has 0 amide bonds. The number of hydrogen-bond donors (Lipinski definition) is 2. The Hall–Kier alpha value is -1.22. The summed E-state index contributed by atoms with van der Waals surface area (Å²) in [6.45, 7) is 15.5. The van der Waals surface area contributed by atoms with Gasteiger partial charge in [-0.05, 0) is 56.4 Å². The molecule has 0 aromatic heterocycles. The summed E-state index contributed by atoms with van der Waals surface area (Å²) in [5.41, 5.74) is 4.81. The summed E-state index contributed by atoms with van der Waals surface area (Å²) in [6, 6.07) is 10.1. The van der Waals surface area contributed by atoms with Crippen LogP contribution in [0.2, 0.25) is 5.02 Å². The Bertz CT molecular complexity index is 771. The third kappa shape index (κ3) is 5.64. The fraction of sp³-hybridized carbons (Fsp3) is 0.455. The van der Waals surface area contributed by atoms with Crippen LogP contribution in [-0.4, -0.2) is 10.6 Å². The molecule has 2 aromatic rings. The quantitative estimate of drug-likeness (QED) is 0.610. The molecule has 144 valence electrons. The summed E-state index contributed by atoms with van der Waals surface area (Å²) in [5.74, 6) is 0.301. The SMILES string of the molecule is Cc1ccc(-c2cc(C(C)(C)C)cc(CNC(C)(C)C)c2O)c(Cl)c1.Cl. The van der Waals surface area contributed by atoms with Crippen molar-refractivity contribution in [2.45, 2.75) is 66.0 Å². The van der Waals surface area contributed by atoms with Crippen molar-refractivity contribution in [1.29, 1.82) is 0 Å². The van der Waals surface area contributed by atoms with Crippen molar-refractivity contribution in [1.82, 2.24) is 5.32 Å². The van der Waals surface area contributed by atoms with Crippen LogP contribution in [0.25, 0.3) is 11.1 Å². The van der Waals surface area contributed by atoms with Crippen LogP contribution in [0.5, 0.6) is 5.75 Å². The van der Waals surface area contributed by atoms with Crippen molar-refractivity contribution in [2.75, 3.05) is 0 Å². The molecular formula is C22H31Cl2NO. The second-order valence-electron chi connectivity index (χ2n) is 8.87. The molecule has 2 N–H and O–H groups in total. The lowest BCUT2D eigenvalue weighted by molar-refractivity contribution is 0.411. The molecule has 0 radical (unpaired) electrons. The molecule has 0 saturated carbocycles. The highest BCUT2D eigenvalue weighted by Gasteiger charge is 2.21. The van der Waals surface area contributed by atoms with Crippen molar-refractivity contribution in [3.63, 3.8) is 0 Å². The number of benzene rings is 2. The number of phenolic OH excluding ortho intramolecular Hbond substituents is 1. The van der Waals surface area contributed by atoms with Crippen molar-refractivity contribution in [3.05, 3.63) is 52.0 Å². The molecule has 0 aliphatic heterocycles. The Kier molecular flexibility index (Phi) is 7.20. The van der Waals surface area contributed by atoms with E-state index in [2.05, 4.69) is 59.0 Å². The van der Waals surface area contributed by atoms with E-state index in [0.717, 1.165) is 22.3 Å². The molecule has 0 fully saturated rings. The van der Waals surface area contributed by atoms with Crippen molar-refractivity contribution >= 4 is 24.0 Å². The molecule has 0 saturated heterocycles. The minimum Gasteiger partial charge on any atom is -0.507 e. The van der Waals surface area contributed by atoms with Gasteiger partial charge in [0, 0.05) is 33.8 Å². The van der Waals surface area contributed by atoms with Gasteiger partial charge in [-0.3, -0.25) is 0 Å². The minimum absolute atomic E-state index is 0. The molecule has 0 aliphatic carbocycles. The number of phenols is 1. The Balaban J connectivity index is 0.00000338. The summed E-state index contributed by atoms with van der Waals surface area (Å²) < 4.78 is 0. The molecule has 0 heterocycles. The molecule has 4 heteroatoms. The number of nitrogens with one attached hydrogen (secondary N) is 1. The Morgan fingerprint density at radius 2 is 1.58 bits per heavy atom. The van der Waals surface area contributed by atoms with Gasteiger partial charge in [-0.15, -0.1) is 12.4 Å². The average molecular weight is 396 g/mol. The second-order valence-corrected chi connectivity index (χ2v) is 9.28. The normalized spacial score (nSPS) is 12.0. The van der Waals surface area contributed by atoms with Gasteiger partial charge in [-0.25, -0.2) is 0 Å². The maximum Gasteiger partial charge on any atom is 0.127 e. The number of aryl methyl sites for hydroxylation is 1. The lowest BCUT2D eigenvalue weighted by Gasteiger charge is -2.25. The fourth-order valence-electron chi connectivity index (χ4n) is 2.67. The number of hydrogen-bond acceptors (Lipinski definition) is 2. The highest BCUT2D eigenvalue weighted by Crippen LogP contribution is 2.40. The monoisotopic (exact) mass is 395 g/mol. The molecule has 26 heavy (non-hydrogen) atoms. The molecule has 0 atom stereocenters. The van der Waals surface area contributed by atoms with E-state index < -0.39 is 0 Å². The summed E-state index contributed by atoms with van der Waals surface area (Å²) in [5, 5.41) is 15.1. The van der Waals surface area contributed by atoms with Gasteiger partial charge in [-0.1, -0.05) is 50.6 Å². The highest BCUT2D eigenvalue weighted by molar-refractivity contribution is 6.33. The Morgan fingerprint density at radius 3 is 2.08 bits per heavy atom. The zero-order chi connectivity index (χ0) is 19.0. The first-order valence-corrected chi connectivity index (χ1v) is 9.14. The number of aromatic hydroxyl groups is 1. The standard InChI is InChI=1S/C22H30ClNO.ClH/c1-14-8-9-17(19(23)10-14)18-12-16(21(2,3)4)11-15(20(18)25)13-24-22(5,6)7;/h8-12,24-25H,13H2,1-7H3;1H. The zero-order valence-electron chi connectivity index (χ0n) is 16.8. The van der Waals surface area contributed by atoms with Gasteiger partial charge in [0.15, 0.2) is 0 Å². The molecule has 2 nitrogen and oxygen atoms in total. The van der Waals surface area contributed by atoms with Crippen LogP contribution in [0, 0.1) is 6.92 Å². The average Bonchev–Trinajstić information content (AvgIpc) is 2.44. The van der Waals surface area contributed by atoms with Crippen LogP contribution in [0.3, 0.4) is 0 Å². The van der Waals surface area contributed by atoms with E-state index in [4.69, 9.17) is 11.6 Å². The molecule has 0 aliphatic rings. The van der Waals surface area contributed by atoms with Crippen molar-refractivity contribution < 1.29 is 5.11 Å². The van der Waals surface area contributed by atoms with Crippen LogP contribution < -0.4 is 5.32 Å². The van der Waals surface area contributed by atoms with Gasteiger partial charge >= 0.3 is 0 Å². The first kappa shape index (κ1) is 22.8. The Morgan fingerprint density at radius 1 is 0.962 bits per heavy atom. The minimum atomic E-state index is -0.0220. The topological polar surface area (TPSA) is 32.3 Å². The van der Waals surface area contributed by atoms with Gasteiger partial charge in [-0.2, -0.15) is 0 Å². The van der Waals surface area contributed by atoms with E-state index in [1.54, 1.807) is 0 Å². The zero-order valence-corrected chi connectivity index (χ0v) is 18.4. The number of halogens is 2. The third-order valence-electron chi connectivity index (χ3n) is 4.28. The molecule has 0 bridgehead atoms. The molecule has 0 spiro atoms. The Labute approximate surface area is 169 Å². The van der Waals surface area contributed by atoms with Crippen LogP contribution >= 0.6 is 24.0 Å². The summed E-state index contributed by atoms with van der Waals surface area (Å²) >= 11 is 6.48. The van der Waals surface area contributed by atoms with Gasteiger partial charge in [0.25, 0.3) is 0 Å². The first-order chi connectivity index (χ1) is 11.4. The maximum absolute atomic E-state index is 10.9. The van der Waals surface area contributed by atoms with E-state index in [0.29, 0.717) is 17.3 Å². The van der Waals surface area contributed by atoms with E-state index >= 15 is 0 Å². The van der Waals surface area contributed by atoms with Gasteiger partial charge in [0.05, 0.1) is 0 Å². The smallest absolute Gasteiger partial charge is 0.127 e. The lowest BCUT2D eigenvalue weighted by atomic mass is 9.83. The first-order valence-electron chi connectivity index (χ1n) is 8.76. The lowest BCUT2D eigenvalue weighted by Crippen LogP contribution is -2.35. The largest absolute Gasteiger partial charge is 0.507 e. The third-order valence-corrected chi connectivity index (χ3v) is 4.59. The van der Waals surface area contributed by atoms with Gasteiger partial charge < -0.3 is 10.4 Å². The summed E-state index contributed by atoms with van der Waals surface area (Å²) in [6.07, 6.45) is 0. The maximum atomic E-state index is 10.9. The van der Waals surface area contributed by atoms with Gasteiger partial charge in [0.2, 0.25) is 0 Å². The molecule has 0 unspecified atom stereocenters. The molecule has 2 rings (SSSR count). The molecule has 2 aromatic carbocycles. The van der Waals surface area contributed by atoms with Crippen LogP contribution in [0.1, 0.15) is 58.2 Å². The second kappa shape index (κ2) is 8.21. The van der Waals surface area contributed by atoms with E-state index in [9.17, 15) is 5.11 Å². The van der Waals surface area contributed by atoms with E-state index in [-0.39, 0.29) is 23.4 Å². The van der Waals surface area contributed by atoms with Crippen molar-refractivity contribution in [3.8, 4) is 16.9 Å².